The van der Waals surface area contributed by atoms with E-state index >= 15 is 0 Å². The van der Waals surface area contributed by atoms with Crippen LogP contribution in [-0.4, -0.2) is 49.3 Å². The smallest absolute Gasteiger partial charge is 0.371 e. The number of ether oxygens (including phenoxy) is 1. The van der Waals surface area contributed by atoms with Crippen molar-refractivity contribution < 1.29 is 17.9 Å². The first-order valence-electron chi connectivity index (χ1n) is 4.42. The van der Waals surface area contributed by atoms with Crippen molar-refractivity contribution in [2.45, 2.75) is 13.1 Å². The van der Waals surface area contributed by atoms with Gasteiger partial charge in [0.15, 0.2) is 0 Å². The first kappa shape index (κ1) is 14.2. The van der Waals surface area contributed by atoms with Crippen LogP contribution in [0, 0.1) is 0 Å². The lowest BCUT2D eigenvalue weighted by atomic mass is 10.5. The zero-order valence-corrected chi connectivity index (χ0v) is 9.70. The van der Waals surface area contributed by atoms with Gasteiger partial charge in [0.05, 0.1) is 6.61 Å². The Labute approximate surface area is 90.5 Å². The number of likely N-dealkylation sites (N-methyl/N-ethyl adjacent to an activating group) is 1. The fraction of sp³-hybridized carbons (Fsp3) is 1.00. The van der Waals surface area contributed by atoms with Gasteiger partial charge in [-0.3, -0.25) is 0 Å². The molecule has 0 aliphatic heterocycles. The van der Waals surface area contributed by atoms with Crippen LogP contribution in [0.4, 0.5) is 13.2 Å². The van der Waals surface area contributed by atoms with Gasteiger partial charge in [0.1, 0.15) is 6.61 Å². The number of rotatable bonds is 7. The van der Waals surface area contributed by atoms with E-state index in [-0.39, 0.29) is 6.61 Å². The Bertz CT molecular complexity index is 143. The van der Waals surface area contributed by atoms with Gasteiger partial charge in [-0.05, 0) is 6.54 Å². The molecule has 0 aliphatic carbocycles. The molecule has 0 spiro atoms. The van der Waals surface area contributed by atoms with Gasteiger partial charge in [0.2, 0.25) is 0 Å². The molecule has 6 heteroatoms. The second kappa shape index (κ2) is 7.48. The molecule has 0 N–H and O–H groups in total. The molecule has 0 aromatic carbocycles. The predicted molar refractivity (Wildman–Crippen MR) is 52.8 cm³/mol. The van der Waals surface area contributed by atoms with Crippen LogP contribution in [0.25, 0.3) is 0 Å². The van der Waals surface area contributed by atoms with Crippen LogP contribution in [0.1, 0.15) is 6.92 Å². The minimum Gasteiger partial charge on any atom is -0.371 e. The van der Waals surface area contributed by atoms with Gasteiger partial charge in [-0.2, -0.15) is 13.2 Å². The topological polar surface area (TPSA) is 12.5 Å². The lowest BCUT2D eigenvalue weighted by Gasteiger charge is -2.18. The third-order valence-electron chi connectivity index (χ3n) is 1.67. The maximum Gasteiger partial charge on any atom is 0.411 e. The van der Waals surface area contributed by atoms with Crippen molar-refractivity contribution >= 4 is 15.9 Å². The zero-order chi connectivity index (χ0) is 11.0. The van der Waals surface area contributed by atoms with Crippen LogP contribution in [0.5, 0.6) is 0 Å². The van der Waals surface area contributed by atoms with Crippen molar-refractivity contribution in [2.24, 2.45) is 0 Å². The third-order valence-corrected chi connectivity index (χ3v) is 2.02. The fourth-order valence-corrected chi connectivity index (χ4v) is 1.43. The Hall–Kier alpha value is 0.190. The SMILES string of the molecule is CCN(CCBr)CCOCC(F)(F)F. The molecule has 86 valence electrons. The van der Waals surface area contributed by atoms with Gasteiger partial charge < -0.3 is 9.64 Å². The van der Waals surface area contributed by atoms with Crippen LogP contribution in [0.2, 0.25) is 0 Å². The highest BCUT2D eigenvalue weighted by atomic mass is 79.9. The highest BCUT2D eigenvalue weighted by Crippen LogP contribution is 2.14. The van der Waals surface area contributed by atoms with Gasteiger partial charge in [-0.1, -0.05) is 22.9 Å². The molecule has 0 saturated carbocycles. The van der Waals surface area contributed by atoms with Gasteiger partial charge in [0.25, 0.3) is 0 Å². The Balaban J connectivity index is 3.42. The minimum absolute atomic E-state index is 0.125. The van der Waals surface area contributed by atoms with Crippen molar-refractivity contribution in [2.75, 3.05) is 38.2 Å². The van der Waals surface area contributed by atoms with Crippen molar-refractivity contribution in [1.82, 2.24) is 4.90 Å². The van der Waals surface area contributed by atoms with Gasteiger partial charge in [-0.15, -0.1) is 0 Å². The molecular formula is C8H15BrF3NO. The maximum atomic E-state index is 11.7. The fourth-order valence-electron chi connectivity index (χ4n) is 0.929. The summed E-state index contributed by atoms with van der Waals surface area (Å²) in [7, 11) is 0. The summed E-state index contributed by atoms with van der Waals surface area (Å²) in [5.41, 5.74) is 0. The normalized spacial score (nSPS) is 12.4. The Morgan fingerprint density at radius 1 is 1.29 bits per heavy atom. The summed E-state index contributed by atoms with van der Waals surface area (Å²) in [6.07, 6.45) is -4.22. The molecule has 0 heterocycles. The van der Waals surface area contributed by atoms with E-state index in [0.717, 1.165) is 18.4 Å². The van der Waals surface area contributed by atoms with E-state index in [4.69, 9.17) is 0 Å². The quantitative estimate of drug-likeness (QED) is 0.523. The molecule has 0 aromatic rings. The summed E-state index contributed by atoms with van der Waals surface area (Å²) in [4.78, 5) is 2.02. The van der Waals surface area contributed by atoms with E-state index < -0.39 is 12.8 Å². The Kier molecular flexibility index (Phi) is 7.58. The Morgan fingerprint density at radius 3 is 2.36 bits per heavy atom. The van der Waals surface area contributed by atoms with Crippen molar-refractivity contribution in [3.8, 4) is 0 Å². The van der Waals surface area contributed by atoms with E-state index in [0.29, 0.717) is 6.54 Å². The average Bonchev–Trinajstić information content (AvgIpc) is 2.08. The average molecular weight is 278 g/mol. The van der Waals surface area contributed by atoms with E-state index in [1.165, 1.54) is 0 Å². The number of hydrogen-bond acceptors (Lipinski definition) is 2. The van der Waals surface area contributed by atoms with E-state index in [2.05, 4.69) is 20.7 Å². The summed E-state index contributed by atoms with van der Waals surface area (Å²) in [5, 5.41) is 0.820. The molecule has 0 amide bonds. The molecule has 0 atom stereocenters. The molecule has 0 unspecified atom stereocenters. The summed E-state index contributed by atoms with van der Waals surface area (Å²) in [6.45, 7) is 3.12. The summed E-state index contributed by atoms with van der Waals surface area (Å²) >= 11 is 3.27. The number of halogens is 4. The largest absolute Gasteiger partial charge is 0.411 e. The van der Waals surface area contributed by atoms with E-state index in [1.54, 1.807) is 0 Å². The summed E-state index contributed by atoms with van der Waals surface area (Å²) in [6, 6.07) is 0. The summed E-state index contributed by atoms with van der Waals surface area (Å²) < 4.78 is 39.5. The Morgan fingerprint density at radius 2 is 1.93 bits per heavy atom. The van der Waals surface area contributed by atoms with Crippen LogP contribution < -0.4 is 0 Å². The second-order valence-corrected chi connectivity index (χ2v) is 3.58. The molecular weight excluding hydrogens is 263 g/mol. The molecule has 0 radical (unpaired) electrons. The molecule has 0 fully saturated rings. The summed E-state index contributed by atoms with van der Waals surface area (Å²) in [5.74, 6) is 0. The van der Waals surface area contributed by atoms with Crippen LogP contribution in [-0.2, 0) is 4.74 Å². The first-order valence-corrected chi connectivity index (χ1v) is 5.54. The highest BCUT2D eigenvalue weighted by molar-refractivity contribution is 9.09. The van der Waals surface area contributed by atoms with Gasteiger partial charge >= 0.3 is 6.18 Å². The minimum atomic E-state index is -4.22. The van der Waals surface area contributed by atoms with Gasteiger partial charge in [-0.25, -0.2) is 0 Å². The number of alkyl halides is 4. The lowest BCUT2D eigenvalue weighted by molar-refractivity contribution is -0.174. The predicted octanol–water partition coefficient (Wildman–Crippen LogP) is 2.28. The molecule has 2 nitrogen and oxygen atoms in total. The number of nitrogens with zero attached hydrogens (tertiary/aromatic N) is 1. The monoisotopic (exact) mass is 277 g/mol. The first-order chi connectivity index (χ1) is 6.49. The third kappa shape index (κ3) is 8.77. The zero-order valence-electron chi connectivity index (χ0n) is 8.11. The van der Waals surface area contributed by atoms with Crippen LogP contribution >= 0.6 is 15.9 Å². The van der Waals surface area contributed by atoms with Crippen LogP contribution in [0.3, 0.4) is 0 Å². The van der Waals surface area contributed by atoms with Crippen molar-refractivity contribution in [3.05, 3.63) is 0 Å². The maximum absolute atomic E-state index is 11.7. The van der Waals surface area contributed by atoms with E-state index in [1.807, 2.05) is 11.8 Å². The number of hydrogen-bond donors (Lipinski definition) is 0. The molecule has 0 aromatic heterocycles. The van der Waals surface area contributed by atoms with Crippen LogP contribution in [0.15, 0.2) is 0 Å². The molecule has 0 aliphatic rings. The molecule has 14 heavy (non-hydrogen) atoms. The molecule has 0 bridgehead atoms. The highest BCUT2D eigenvalue weighted by Gasteiger charge is 2.27. The van der Waals surface area contributed by atoms with E-state index in [9.17, 15) is 13.2 Å². The molecule has 0 saturated heterocycles. The lowest BCUT2D eigenvalue weighted by Crippen LogP contribution is -2.30. The van der Waals surface area contributed by atoms with Gasteiger partial charge in [0, 0.05) is 18.4 Å². The van der Waals surface area contributed by atoms with Crippen molar-refractivity contribution in [3.63, 3.8) is 0 Å². The standard InChI is InChI=1S/C8H15BrF3NO/c1-2-13(4-3-9)5-6-14-7-8(10,11)12/h2-7H2,1H3. The second-order valence-electron chi connectivity index (χ2n) is 2.79. The molecule has 0 rings (SSSR count). The van der Waals surface area contributed by atoms with Crippen molar-refractivity contribution in [1.29, 1.82) is 0 Å².